The van der Waals surface area contributed by atoms with Crippen molar-refractivity contribution in [1.82, 2.24) is 0 Å². The summed E-state index contributed by atoms with van der Waals surface area (Å²) in [7, 11) is 0. The van der Waals surface area contributed by atoms with Crippen molar-refractivity contribution in [3.63, 3.8) is 0 Å². The second kappa shape index (κ2) is 14.6. The molecule has 0 saturated heterocycles. The highest BCUT2D eigenvalue weighted by Gasteiger charge is 1.90. The van der Waals surface area contributed by atoms with Gasteiger partial charge in [0.25, 0.3) is 0 Å². The average Bonchev–Trinajstić information content (AvgIpc) is 2.29. The number of carboxylic acid groups (broad SMARTS) is 1. The lowest BCUT2D eigenvalue weighted by atomic mass is 10.1. The van der Waals surface area contributed by atoms with Crippen molar-refractivity contribution in [2.75, 3.05) is 6.61 Å². The van der Waals surface area contributed by atoms with Crippen molar-refractivity contribution in [2.45, 2.75) is 52.4 Å². The molecule has 0 aromatic rings. The van der Waals surface area contributed by atoms with Gasteiger partial charge < -0.3 is 9.94 Å². The maximum Gasteiger partial charge on any atom is 0.330 e. The van der Waals surface area contributed by atoms with Crippen LogP contribution in [0, 0.1) is 4.91 Å². The SMILES string of the molecule is C=C(C)C(=O)O.CCCCCCCCON=O. The normalized spacial score (nSPS) is 8.82. The van der Waals surface area contributed by atoms with E-state index in [0.717, 1.165) is 12.8 Å². The lowest BCUT2D eigenvalue weighted by Gasteiger charge is -1.97. The number of rotatable bonds is 9. The van der Waals surface area contributed by atoms with Gasteiger partial charge in [0.05, 0.1) is 0 Å². The first kappa shape index (κ1) is 18.0. The van der Waals surface area contributed by atoms with E-state index in [4.69, 9.17) is 5.11 Å². The molecule has 5 heteroatoms. The second-order valence-electron chi connectivity index (χ2n) is 3.76. The Hall–Kier alpha value is -1.39. The summed E-state index contributed by atoms with van der Waals surface area (Å²) < 4.78 is 0. The van der Waals surface area contributed by atoms with Gasteiger partial charge in [-0.15, -0.1) is 4.91 Å². The van der Waals surface area contributed by atoms with E-state index < -0.39 is 5.97 Å². The zero-order valence-corrected chi connectivity index (χ0v) is 10.8. The molecule has 0 saturated carbocycles. The highest BCUT2D eigenvalue weighted by Crippen LogP contribution is 2.04. The van der Waals surface area contributed by atoms with Gasteiger partial charge in [-0.1, -0.05) is 39.2 Å². The summed E-state index contributed by atoms with van der Waals surface area (Å²) in [6, 6.07) is 0. The zero-order chi connectivity index (χ0) is 13.5. The van der Waals surface area contributed by atoms with Crippen molar-refractivity contribution in [1.29, 1.82) is 0 Å². The van der Waals surface area contributed by atoms with Crippen LogP contribution in [0.4, 0.5) is 0 Å². The quantitative estimate of drug-likeness (QED) is 0.291. The molecule has 0 aromatic heterocycles. The van der Waals surface area contributed by atoms with E-state index in [-0.39, 0.29) is 5.57 Å². The summed E-state index contributed by atoms with van der Waals surface area (Å²) in [6.45, 7) is 7.28. The van der Waals surface area contributed by atoms with Crippen molar-refractivity contribution in [3.8, 4) is 0 Å². The van der Waals surface area contributed by atoms with Crippen LogP contribution in [0.1, 0.15) is 52.4 Å². The Morgan fingerprint density at radius 1 is 1.24 bits per heavy atom. The Balaban J connectivity index is 0. The maximum absolute atomic E-state index is 9.60. The number of unbranched alkanes of at least 4 members (excludes halogenated alkanes) is 5. The first-order chi connectivity index (χ1) is 8.06. The predicted molar refractivity (Wildman–Crippen MR) is 67.6 cm³/mol. The topological polar surface area (TPSA) is 76.0 Å². The fraction of sp³-hybridized carbons (Fsp3) is 0.750. The van der Waals surface area contributed by atoms with Crippen LogP contribution < -0.4 is 0 Å². The fourth-order valence-corrected chi connectivity index (χ4v) is 0.984. The Labute approximate surface area is 103 Å². The molecule has 17 heavy (non-hydrogen) atoms. The van der Waals surface area contributed by atoms with Gasteiger partial charge in [-0.25, -0.2) is 4.79 Å². The smallest absolute Gasteiger partial charge is 0.330 e. The van der Waals surface area contributed by atoms with Crippen LogP contribution in [0.25, 0.3) is 0 Å². The highest BCUT2D eigenvalue weighted by molar-refractivity contribution is 5.84. The summed E-state index contributed by atoms with van der Waals surface area (Å²) in [6.07, 6.45) is 7.23. The molecule has 1 N–H and O–H groups in total. The fourth-order valence-electron chi connectivity index (χ4n) is 0.984. The Kier molecular flexibility index (Phi) is 15.5. The van der Waals surface area contributed by atoms with E-state index >= 15 is 0 Å². The molecule has 0 atom stereocenters. The third-order valence-electron chi connectivity index (χ3n) is 2.01. The molecule has 0 radical (unpaired) electrons. The van der Waals surface area contributed by atoms with E-state index in [1.807, 2.05) is 0 Å². The molecular formula is C12H23NO4. The first-order valence-electron chi connectivity index (χ1n) is 5.89. The molecule has 0 heterocycles. The molecule has 0 fully saturated rings. The van der Waals surface area contributed by atoms with Crippen LogP contribution in [-0.4, -0.2) is 17.7 Å². The number of carboxylic acids is 1. The standard InChI is InChI=1S/C8H17NO2.C4H6O2/c1-2-3-4-5-6-7-8-11-9-10;1-3(2)4(5)6/h2-8H2,1H3;1H2,2H3,(H,5,6). The Morgan fingerprint density at radius 2 is 1.71 bits per heavy atom. The first-order valence-corrected chi connectivity index (χ1v) is 5.89. The van der Waals surface area contributed by atoms with Gasteiger partial charge in [0.1, 0.15) is 6.61 Å². The van der Waals surface area contributed by atoms with Crippen molar-refractivity contribution >= 4 is 5.97 Å². The molecule has 0 aromatic carbocycles. The molecule has 0 unspecified atom stereocenters. The Morgan fingerprint density at radius 3 is 2.12 bits per heavy atom. The summed E-state index contributed by atoms with van der Waals surface area (Å²) in [4.78, 5) is 23.4. The van der Waals surface area contributed by atoms with E-state index in [2.05, 4.69) is 23.7 Å². The van der Waals surface area contributed by atoms with Gasteiger partial charge in [-0.2, -0.15) is 0 Å². The van der Waals surface area contributed by atoms with E-state index in [1.165, 1.54) is 32.6 Å². The number of hydrogen-bond donors (Lipinski definition) is 1. The minimum atomic E-state index is -0.935. The van der Waals surface area contributed by atoms with Crippen LogP contribution in [0.15, 0.2) is 17.5 Å². The van der Waals surface area contributed by atoms with E-state index in [1.54, 1.807) is 0 Å². The van der Waals surface area contributed by atoms with Crippen LogP contribution in [0.2, 0.25) is 0 Å². The average molecular weight is 245 g/mol. The van der Waals surface area contributed by atoms with Gasteiger partial charge in [0.2, 0.25) is 0 Å². The minimum Gasteiger partial charge on any atom is -0.478 e. The summed E-state index contributed by atoms with van der Waals surface area (Å²) in [5.41, 5.74) is 0.176. The third kappa shape index (κ3) is 20.6. The van der Waals surface area contributed by atoms with Crippen molar-refractivity contribution in [2.24, 2.45) is 5.34 Å². The maximum atomic E-state index is 9.60. The highest BCUT2D eigenvalue weighted by atomic mass is 16.7. The largest absolute Gasteiger partial charge is 0.478 e. The van der Waals surface area contributed by atoms with Crippen LogP contribution >= 0.6 is 0 Å². The van der Waals surface area contributed by atoms with Crippen molar-refractivity contribution in [3.05, 3.63) is 17.1 Å². The Bertz CT molecular complexity index is 205. The molecule has 100 valence electrons. The minimum absolute atomic E-state index is 0.176. The van der Waals surface area contributed by atoms with E-state index in [9.17, 15) is 9.70 Å². The molecule has 0 aliphatic carbocycles. The molecular weight excluding hydrogens is 222 g/mol. The number of nitrogens with zero attached hydrogens (tertiary/aromatic N) is 1. The van der Waals surface area contributed by atoms with Gasteiger partial charge in [0.15, 0.2) is 5.34 Å². The zero-order valence-electron chi connectivity index (χ0n) is 10.8. The molecule has 0 spiro atoms. The van der Waals surface area contributed by atoms with Crippen LogP contribution in [0.3, 0.4) is 0 Å². The predicted octanol–water partition coefficient (Wildman–Crippen LogP) is 3.69. The molecule has 0 rings (SSSR count). The molecule has 0 bridgehead atoms. The van der Waals surface area contributed by atoms with E-state index in [0.29, 0.717) is 6.61 Å². The van der Waals surface area contributed by atoms with Gasteiger partial charge in [-0.05, 0) is 19.8 Å². The number of hydrogen-bond acceptors (Lipinski definition) is 4. The van der Waals surface area contributed by atoms with Crippen LogP contribution in [0.5, 0.6) is 0 Å². The number of aliphatic carboxylic acids is 1. The lowest BCUT2D eigenvalue weighted by molar-refractivity contribution is -0.132. The van der Waals surface area contributed by atoms with Gasteiger partial charge in [0, 0.05) is 5.57 Å². The van der Waals surface area contributed by atoms with Gasteiger partial charge >= 0.3 is 5.97 Å². The second-order valence-corrected chi connectivity index (χ2v) is 3.76. The summed E-state index contributed by atoms with van der Waals surface area (Å²) in [5.74, 6) is -0.935. The third-order valence-corrected chi connectivity index (χ3v) is 2.01. The monoisotopic (exact) mass is 245 g/mol. The number of carbonyl (C=O) groups is 1. The van der Waals surface area contributed by atoms with Crippen molar-refractivity contribution < 1.29 is 14.7 Å². The molecule has 0 amide bonds. The summed E-state index contributed by atoms with van der Waals surface area (Å²) >= 11 is 0. The van der Waals surface area contributed by atoms with Gasteiger partial charge in [-0.3, -0.25) is 0 Å². The molecule has 0 aliphatic heterocycles. The summed E-state index contributed by atoms with van der Waals surface area (Å²) in [5, 5.41) is 10.2. The van der Waals surface area contributed by atoms with Crippen LogP contribution in [-0.2, 0) is 9.63 Å². The molecule has 5 nitrogen and oxygen atoms in total. The molecule has 0 aliphatic rings. The lowest BCUT2D eigenvalue weighted by Crippen LogP contribution is -1.92.